The highest BCUT2D eigenvalue weighted by molar-refractivity contribution is 7.13. The third-order valence-corrected chi connectivity index (χ3v) is 5.69. The van der Waals surface area contributed by atoms with Gasteiger partial charge in [-0.1, -0.05) is 19.1 Å². The van der Waals surface area contributed by atoms with Crippen molar-refractivity contribution in [1.29, 1.82) is 0 Å². The zero-order chi connectivity index (χ0) is 21.4. The average molecular weight is 425 g/mol. The van der Waals surface area contributed by atoms with E-state index in [0.717, 1.165) is 27.5 Å². The molecule has 1 aliphatic rings. The normalized spacial score (nSPS) is 19.4. The molecule has 0 spiro atoms. The Hall–Kier alpha value is -2.24. The molecule has 0 radical (unpaired) electrons. The quantitative estimate of drug-likeness (QED) is 0.467. The van der Waals surface area contributed by atoms with Crippen LogP contribution in [0.3, 0.4) is 0 Å². The van der Waals surface area contributed by atoms with Crippen LogP contribution in [0.25, 0.3) is 0 Å². The number of aryl methyl sites for hydroxylation is 1. The molecule has 2 unspecified atom stereocenters. The van der Waals surface area contributed by atoms with Crippen molar-refractivity contribution in [3.8, 4) is 11.8 Å². The number of hydrogen-bond donors (Lipinski definition) is 2. The number of hydrogen-bond acceptors (Lipinski definition) is 4. The first-order chi connectivity index (χ1) is 13.7. The number of aromatic carboxylic acids is 1. The fourth-order valence-corrected chi connectivity index (χ4v) is 3.99. The van der Waals surface area contributed by atoms with E-state index in [1.165, 1.54) is 18.2 Å². The molecule has 1 saturated heterocycles. The largest absolute Gasteiger partial charge is 0.477 e. The molecule has 2 atom stereocenters. The number of thiophene rings is 1. The monoisotopic (exact) mass is 425 g/mol. The number of likely N-dealkylation sites (tertiary alicyclic amines) is 1. The predicted octanol–water partition coefficient (Wildman–Crippen LogP) is 3.73. The summed E-state index contributed by atoms with van der Waals surface area (Å²) in [5.41, 5.74) is 0. The molecule has 1 fully saturated rings. The van der Waals surface area contributed by atoms with Crippen LogP contribution in [0.4, 0.5) is 8.78 Å². The molecule has 158 valence electrons. The number of rotatable bonds is 9. The lowest BCUT2D eigenvalue weighted by molar-refractivity contribution is -0.148. The zero-order valence-corrected chi connectivity index (χ0v) is 17.1. The van der Waals surface area contributed by atoms with E-state index in [0.29, 0.717) is 25.7 Å². The zero-order valence-electron chi connectivity index (χ0n) is 16.2. The van der Waals surface area contributed by atoms with Crippen molar-refractivity contribution in [2.75, 3.05) is 6.54 Å². The van der Waals surface area contributed by atoms with Crippen LogP contribution >= 0.6 is 11.3 Å². The molecule has 1 amide bonds. The summed E-state index contributed by atoms with van der Waals surface area (Å²) >= 11 is 1.14. The van der Waals surface area contributed by atoms with Crippen molar-refractivity contribution in [3.05, 3.63) is 34.0 Å². The highest BCUT2D eigenvalue weighted by atomic mass is 32.1. The predicted molar refractivity (Wildman–Crippen MR) is 107 cm³/mol. The van der Waals surface area contributed by atoms with Crippen LogP contribution in [0.1, 0.15) is 53.6 Å². The summed E-state index contributed by atoms with van der Waals surface area (Å²) in [6.07, 6.45) is 4.14. The van der Waals surface area contributed by atoms with Gasteiger partial charge in [-0.05, 0) is 31.4 Å². The van der Waals surface area contributed by atoms with Gasteiger partial charge in [0.2, 0.25) is 0 Å². The van der Waals surface area contributed by atoms with E-state index < -0.39 is 36.4 Å². The van der Waals surface area contributed by atoms with Crippen molar-refractivity contribution >= 4 is 23.2 Å². The first-order valence-corrected chi connectivity index (χ1v) is 10.4. The number of alkyl halides is 2. The Morgan fingerprint density at radius 3 is 2.86 bits per heavy atom. The number of aliphatic hydroxyl groups excluding tert-OH is 1. The molecular weight excluding hydrogens is 400 g/mol. The first kappa shape index (κ1) is 23.0. The van der Waals surface area contributed by atoms with Crippen LogP contribution in [-0.2, 0) is 11.2 Å². The number of nitrogens with zero attached hydrogens (tertiary/aromatic N) is 1. The highest BCUT2D eigenvalue weighted by Crippen LogP contribution is 2.34. The minimum Gasteiger partial charge on any atom is -0.477 e. The van der Waals surface area contributed by atoms with Gasteiger partial charge in [0.05, 0.1) is 12.1 Å². The first-order valence-electron chi connectivity index (χ1n) is 9.57. The maximum atomic E-state index is 13.9. The van der Waals surface area contributed by atoms with Gasteiger partial charge in [-0.25, -0.2) is 4.79 Å². The Kier molecular flexibility index (Phi) is 8.35. The molecule has 2 rings (SSSR count). The van der Waals surface area contributed by atoms with Crippen molar-refractivity contribution in [2.45, 2.75) is 63.5 Å². The molecule has 29 heavy (non-hydrogen) atoms. The van der Waals surface area contributed by atoms with Crippen LogP contribution < -0.4 is 0 Å². The standard InChI is InChI=1S/C21H25F2NO4S/c1-2-3-4-5-7-16(25)10-9-15-14-21(22,23)20(28)24(15)13-6-8-17-11-12-18(29-17)19(26)27/h9-12,15-16,25H,2,5-8,13-14H2,1H3,(H,26,27)/b10-9+. The third-order valence-electron chi connectivity index (χ3n) is 4.56. The summed E-state index contributed by atoms with van der Waals surface area (Å²) in [6.45, 7) is 2.07. The van der Waals surface area contributed by atoms with E-state index in [1.54, 1.807) is 6.07 Å². The smallest absolute Gasteiger partial charge is 0.345 e. The second-order valence-corrected chi connectivity index (χ2v) is 8.02. The van der Waals surface area contributed by atoms with E-state index in [2.05, 4.69) is 11.8 Å². The van der Waals surface area contributed by atoms with E-state index in [1.807, 2.05) is 6.92 Å². The summed E-state index contributed by atoms with van der Waals surface area (Å²) in [6, 6.07) is 2.44. The Bertz CT molecular complexity index is 809. The molecule has 0 bridgehead atoms. The summed E-state index contributed by atoms with van der Waals surface area (Å²) < 4.78 is 27.8. The van der Waals surface area contributed by atoms with Crippen LogP contribution in [0, 0.1) is 11.8 Å². The summed E-state index contributed by atoms with van der Waals surface area (Å²) in [5.74, 6) is 0.199. The van der Waals surface area contributed by atoms with Crippen molar-refractivity contribution in [1.82, 2.24) is 4.90 Å². The van der Waals surface area contributed by atoms with E-state index in [4.69, 9.17) is 5.11 Å². The van der Waals surface area contributed by atoms with Crippen molar-refractivity contribution in [3.63, 3.8) is 0 Å². The van der Waals surface area contributed by atoms with Gasteiger partial charge in [-0.3, -0.25) is 4.79 Å². The fourth-order valence-electron chi connectivity index (χ4n) is 3.10. The number of halogens is 2. The molecule has 0 saturated carbocycles. The summed E-state index contributed by atoms with van der Waals surface area (Å²) in [4.78, 5) is 25.2. The number of aliphatic hydroxyl groups is 1. The summed E-state index contributed by atoms with van der Waals surface area (Å²) in [7, 11) is 0. The van der Waals surface area contributed by atoms with Gasteiger partial charge in [0.1, 0.15) is 4.88 Å². The number of carbonyl (C=O) groups excluding carboxylic acids is 1. The SMILES string of the molecule is CCC#CCCC(O)/C=C/C1CC(F)(F)C(=O)N1CCCc1ccc(C(=O)O)s1. The van der Waals surface area contributed by atoms with Crippen LogP contribution in [0.5, 0.6) is 0 Å². The molecule has 2 N–H and O–H groups in total. The van der Waals surface area contributed by atoms with Gasteiger partial charge in [0.25, 0.3) is 5.91 Å². The Morgan fingerprint density at radius 2 is 2.21 bits per heavy atom. The molecule has 1 aliphatic heterocycles. The molecule has 0 aliphatic carbocycles. The maximum absolute atomic E-state index is 13.9. The lowest BCUT2D eigenvalue weighted by atomic mass is 10.1. The highest BCUT2D eigenvalue weighted by Gasteiger charge is 2.52. The number of carboxylic acids is 1. The Morgan fingerprint density at radius 1 is 1.45 bits per heavy atom. The Balaban J connectivity index is 1.92. The third kappa shape index (κ3) is 6.65. The minimum absolute atomic E-state index is 0.141. The second kappa shape index (κ2) is 10.5. The van der Waals surface area contributed by atoms with Gasteiger partial charge in [-0.15, -0.1) is 23.2 Å². The minimum atomic E-state index is -3.41. The average Bonchev–Trinajstić information content (AvgIpc) is 3.22. The molecule has 2 heterocycles. The van der Waals surface area contributed by atoms with Gasteiger partial charge in [0, 0.05) is 30.7 Å². The van der Waals surface area contributed by atoms with Crippen LogP contribution in [0.2, 0.25) is 0 Å². The van der Waals surface area contributed by atoms with E-state index >= 15 is 0 Å². The van der Waals surface area contributed by atoms with Crippen molar-refractivity contribution in [2.24, 2.45) is 0 Å². The topological polar surface area (TPSA) is 77.8 Å². The van der Waals surface area contributed by atoms with Gasteiger partial charge < -0.3 is 15.1 Å². The molecule has 8 heteroatoms. The van der Waals surface area contributed by atoms with E-state index in [-0.39, 0.29) is 11.4 Å². The number of carboxylic acid groups (broad SMARTS) is 1. The molecular formula is C21H25F2NO4S. The second-order valence-electron chi connectivity index (χ2n) is 6.85. The molecule has 5 nitrogen and oxygen atoms in total. The molecule has 0 aromatic carbocycles. The van der Waals surface area contributed by atoms with Crippen molar-refractivity contribution < 1.29 is 28.6 Å². The van der Waals surface area contributed by atoms with Gasteiger partial charge >= 0.3 is 11.9 Å². The lowest BCUT2D eigenvalue weighted by Gasteiger charge is -2.21. The Labute approximate surface area is 173 Å². The van der Waals surface area contributed by atoms with Gasteiger partial charge in [-0.2, -0.15) is 8.78 Å². The number of carbonyl (C=O) groups is 2. The van der Waals surface area contributed by atoms with E-state index in [9.17, 15) is 23.5 Å². The number of amides is 1. The lowest BCUT2D eigenvalue weighted by Crippen LogP contribution is -2.36. The fraction of sp³-hybridized carbons (Fsp3) is 0.524. The maximum Gasteiger partial charge on any atom is 0.345 e. The summed E-state index contributed by atoms with van der Waals surface area (Å²) in [5, 5.41) is 18.9. The molecule has 1 aromatic rings. The van der Waals surface area contributed by atoms with Crippen LogP contribution in [0.15, 0.2) is 24.3 Å². The molecule has 1 aromatic heterocycles. The van der Waals surface area contributed by atoms with Crippen LogP contribution in [-0.4, -0.2) is 51.6 Å². The van der Waals surface area contributed by atoms with Gasteiger partial charge in [0.15, 0.2) is 0 Å².